The summed E-state index contributed by atoms with van der Waals surface area (Å²) >= 11 is 0. The number of piperidine rings is 1. The quantitative estimate of drug-likeness (QED) is 0.660. The molecule has 1 heterocycles. The minimum atomic E-state index is 0.930. The molecule has 0 spiro atoms. The summed E-state index contributed by atoms with van der Waals surface area (Å²) in [6.07, 6.45) is 5.62. The van der Waals surface area contributed by atoms with Gasteiger partial charge in [0.1, 0.15) is 0 Å². The Labute approximate surface area is 70.6 Å². The van der Waals surface area contributed by atoms with E-state index < -0.39 is 0 Å². The van der Waals surface area contributed by atoms with Gasteiger partial charge in [0.25, 0.3) is 0 Å². The van der Waals surface area contributed by atoms with E-state index in [1.807, 2.05) is 0 Å². The van der Waals surface area contributed by atoms with Crippen LogP contribution in [-0.4, -0.2) is 13.1 Å². The third-order valence-electron chi connectivity index (χ3n) is 2.83. The summed E-state index contributed by atoms with van der Waals surface area (Å²) in [4.78, 5) is 0. The third kappa shape index (κ3) is 3.24. The lowest BCUT2D eigenvalue weighted by Gasteiger charge is -2.24. The second-order valence-corrected chi connectivity index (χ2v) is 3.96. The van der Waals surface area contributed by atoms with E-state index >= 15 is 0 Å². The monoisotopic (exact) mass is 155 g/mol. The van der Waals surface area contributed by atoms with Crippen LogP contribution in [-0.2, 0) is 0 Å². The van der Waals surface area contributed by atoms with Gasteiger partial charge in [-0.05, 0) is 44.2 Å². The van der Waals surface area contributed by atoms with E-state index in [2.05, 4.69) is 19.2 Å². The molecule has 1 heteroatoms. The summed E-state index contributed by atoms with van der Waals surface area (Å²) in [5, 5.41) is 3.46. The SMILES string of the molecule is CC[C@@H](C)C[C@@H]1CCCNC1. The average molecular weight is 155 g/mol. The predicted octanol–water partition coefficient (Wildman–Crippen LogP) is 2.42. The summed E-state index contributed by atoms with van der Waals surface area (Å²) in [6.45, 7) is 7.18. The van der Waals surface area contributed by atoms with Crippen molar-refractivity contribution in [3.63, 3.8) is 0 Å². The molecule has 1 fully saturated rings. The van der Waals surface area contributed by atoms with E-state index in [-0.39, 0.29) is 0 Å². The second-order valence-electron chi connectivity index (χ2n) is 3.96. The number of rotatable bonds is 3. The zero-order valence-electron chi connectivity index (χ0n) is 7.90. The summed E-state index contributed by atoms with van der Waals surface area (Å²) in [5.41, 5.74) is 0. The maximum absolute atomic E-state index is 3.46. The van der Waals surface area contributed by atoms with Crippen molar-refractivity contribution >= 4 is 0 Å². The van der Waals surface area contributed by atoms with Crippen LogP contribution in [0.15, 0.2) is 0 Å². The first kappa shape index (κ1) is 9.05. The van der Waals surface area contributed by atoms with Gasteiger partial charge in [-0.15, -0.1) is 0 Å². The summed E-state index contributed by atoms with van der Waals surface area (Å²) in [7, 11) is 0. The molecule has 0 aromatic rings. The summed E-state index contributed by atoms with van der Waals surface area (Å²) in [5.74, 6) is 1.90. The number of nitrogens with one attached hydrogen (secondary N) is 1. The van der Waals surface area contributed by atoms with E-state index in [0.29, 0.717) is 0 Å². The van der Waals surface area contributed by atoms with Crippen LogP contribution in [0.2, 0.25) is 0 Å². The summed E-state index contributed by atoms with van der Waals surface area (Å²) in [6, 6.07) is 0. The van der Waals surface area contributed by atoms with Crippen molar-refractivity contribution in [3.05, 3.63) is 0 Å². The van der Waals surface area contributed by atoms with Gasteiger partial charge in [-0.2, -0.15) is 0 Å². The first-order valence-electron chi connectivity index (χ1n) is 5.03. The topological polar surface area (TPSA) is 12.0 Å². The van der Waals surface area contributed by atoms with Gasteiger partial charge in [0.2, 0.25) is 0 Å². The Morgan fingerprint density at radius 3 is 2.91 bits per heavy atom. The lowest BCUT2D eigenvalue weighted by Crippen LogP contribution is -2.30. The fourth-order valence-corrected chi connectivity index (χ4v) is 1.86. The molecule has 11 heavy (non-hydrogen) atoms. The summed E-state index contributed by atoms with van der Waals surface area (Å²) < 4.78 is 0. The normalized spacial score (nSPS) is 28.4. The molecule has 2 atom stereocenters. The van der Waals surface area contributed by atoms with Crippen LogP contribution in [0.5, 0.6) is 0 Å². The fourth-order valence-electron chi connectivity index (χ4n) is 1.86. The van der Waals surface area contributed by atoms with Gasteiger partial charge >= 0.3 is 0 Å². The van der Waals surface area contributed by atoms with Crippen molar-refractivity contribution < 1.29 is 0 Å². The number of hydrogen-bond acceptors (Lipinski definition) is 1. The molecule has 1 N–H and O–H groups in total. The molecule has 0 radical (unpaired) electrons. The van der Waals surface area contributed by atoms with Gasteiger partial charge in [-0.25, -0.2) is 0 Å². The average Bonchev–Trinajstić information content (AvgIpc) is 2.06. The number of hydrogen-bond donors (Lipinski definition) is 1. The third-order valence-corrected chi connectivity index (χ3v) is 2.83. The molecule has 0 aliphatic carbocycles. The fraction of sp³-hybridized carbons (Fsp3) is 1.00. The van der Waals surface area contributed by atoms with Crippen LogP contribution in [0.4, 0.5) is 0 Å². The highest BCUT2D eigenvalue weighted by Gasteiger charge is 2.14. The molecular weight excluding hydrogens is 134 g/mol. The molecule has 1 saturated heterocycles. The first-order valence-corrected chi connectivity index (χ1v) is 5.03. The molecule has 0 unspecified atom stereocenters. The van der Waals surface area contributed by atoms with Crippen molar-refractivity contribution in [3.8, 4) is 0 Å². The van der Waals surface area contributed by atoms with Crippen LogP contribution in [0.1, 0.15) is 39.5 Å². The minimum absolute atomic E-state index is 0.930. The van der Waals surface area contributed by atoms with Gasteiger partial charge in [0, 0.05) is 0 Å². The van der Waals surface area contributed by atoms with E-state index in [9.17, 15) is 0 Å². The van der Waals surface area contributed by atoms with Gasteiger partial charge < -0.3 is 5.32 Å². The second kappa shape index (κ2) is 4.76. The molecule has 1 aliphatic heterocycles. The van der Waals surface area contributed by atoms with Crippen molar-refractivity contribution in [2.24, 2.45) is 11.8 Å². The van der Waals surface area contributed by atoms with Crippen molar-refractivity contribution in [1.82, 2.24) is 5.32 Å². The Hall–Kier alpha value is -0.0400. The van der Waals surface area contributed by atoms with Gasteiger partial charge in [0.15, 0.2) is 0 Å². The smallest absolute Gasteiger partial charge is 0.00204 e. The molecule has 0 bridgehead atoms. The Bertz CT molecular complexity index is 95.0. The molecule has 1 rings (SSSR count). The van der Waals surface area contributed by atoms with E-state index in [4.69, 9.17) is 0 Å². The van der Waals surface area contributed by atoms with Crippen molar-refractivity contribution in [1.29, 1.82) is 0 Å². The van der Waals surface area contributed by atoms with Gasteiger partial charge in [-0.1, -0.05) is 20.3 Å². The van der Waals surface area contributed by atoms with Crippen molar-refractivity contribution in [2.75, 3.05) is 13.1 Å². The molecule has 0 amide bonds. The largest absolute Gasteiger partial charge is 0.316 e. The van der Waals surface area contributed by atoms with E-state index in [0.717, 1.165) is 11.8 Å². The minimum Gasteiger partial charge on any atom is -0.316 e. The van der Waals surface area contributed by atoms with Crippen LogP contribution >= 0.6 is 0 Å². The maximum atomic E-state index is 3.46. The molecule has 66 valence electrons. The molecule has 0 saturated carbocycles. The zero-order valence-corrected chi connectivity index (χ0v) is 7.90. The molecule has 0 aromatic carbocycles. The Morgan fingerprint density at radius 2 is 2.36 bits per heavy atom. The Kier molecular flexibility index (Phi) is 3.92. The van der Waals surface area contributed by atoms with Crippen molar-refractivity contribution in [2.45, 2.75) is 39.5 Å². The lowest BCUT2D eigenvalue weighted by atomic mass is 9.89. The molecule has 1 aliphatic rings. The van der Waals surface area contributed by atoms with Crippen LogP contribution < -0.4 is 5.32 Å². The molecule has 1 nitrogen and oxygen atoms in total. The standard InChI is InChI=1S/C10H21N/c1-3-9(2)7-10-5-4-6-11-8-10/h9-11H,3-8H2,1-2H3/t9-,10+/m1/s1. The van der Waals surface area contributed by atoms with Gasteiger partial charge in [0.05, 0.1) is 0 Å². The zero-order chi connectivity index (χ0) is 8.10. The lowest BCUT2D eigenvalue weighted by molar-refractivity contribution is 0.308. The van der Waals surface area contributed by atoms with Crippen LogP contribution in [0, 0.1) is 11.8 Å². The highest BCUT2D eigenvalue weighted by Crippen LogP contribution is 2.20. The maximum Gasteiger partial charge on any atom is -0.00204 e. The van der Waals surface area contributed by atoms with Crippen LogP contribution in [0.25, 0.3) is 0 Å². The van der Waals surface area contributed by atoms with E-state index in [1.54, 1.807) is 0 Å². The Balaban J connectivity index is 2.13. The van der Waals surface area contributed by atoms with Crippen LogP contribution in [0.3, 0.4) is 0 Å². The highest BCUT2D eigenvalue weighted by atomic mass is 14.9. The van der Waals surface area contributed by atoms with Gasteiger partial charge in [-0.3, -0.25) is 0 Å². The highest BCUT2D eigenvalue weighted by molar-refractivity contribution is 4.70. The first-order chi connectivity index (χ1) is 5.33. The molecule has 0 aromatic heterocycles. The molecular formula is C10H21N. The van der Waals surface area contributed by atoms with E-state index in [1.165, 1.54) is 38.8 Å². The predicted molar refractivity (Wildman–Crippen MR) is 49.7 cm³/mol. The Morgan fingerprint density at radius 1 is 1.55 bits per heavy atom.